The number of rotatable bonds is 6. The van der Waals surface area contributed by atoms with Gasteiger partial charge in [0.25, 0.3) is 5.92 Å². The first-order valence-electron chi connectivity index (χ1n) is 7.48. The molecule has 0 heterocycles. The summed E-state index contributed by atoms with van der Waals surface area (Å²) in [6.45, 7) is 10.7. The van der Waals surface area contributed by atoms with E-state index in [0.29, 0.717) is 16.8 Å². The summed E-state index contributed by atoms with van der Waals surface area (Å²) in [5.74, 6) is -2.82. The lowest BCUT2D eigenvalue weighted by Crippen LogP contribution is -2.15. The van der Waals surface area contributed by atoms with Crippen molar-refractivity contribution in [1.29, 1.82) is 0 Å². The van der Waals surface area contributed by atoms with Crippen LogP contribution in [0.15, 0.2) is 54.3 Å². The Balaban J connectivity index is 3.19. The van der Waals surface area contributed by atoms with E-state index in [2.05, 4.69) is 6.58 Å². The average Bonchev–Trinajstić information content (AvgIpc) is 2.45. The molecule has 120 valence electrons. The van der Waals surface area contributed by atoms with E-state index in [4.69, 9.17) is 5.73 Å². The zero-order valence-corrected chi connectivity index (χ0v) is 13.8. The second-order valence-corrected chi connectivity index (χ2v) is 5.79. The van der Waals surface area contributed by atoms with Gasteiger partial charge in [-0.05, 0) is 36.5 Å². The van der Waals surface area contributed by atoms with E-state index in [1.165, 1.54) is 6.08 Å². The van der Waals surface area contributed by atoms with Gasteiger partial charge in [-0.1, -0.05) is 56.3 Å². The van der Waals surface area contributed by atoms with Gasteiger partial charge in [-0.2, -0.15) is 0 Å². The van der Waals surface area contributed by atoms with Gasteiger partial charge in [0.05, 0.1) is 0 Å². The maximum absolute atomic E-state index is 13.9. The quantitative estimate of drug-likeness (QED) is 0.692. The molecule has 0 fully saturated rings. The van der Waals surface area contributed by atoms with Crippen LogP contribution in [-0.2, 0) is 0 Å². The molecule has 1 nitrogen and oxygen atoms in total. The van der Waals surface area contributed by atoms with E-state index < -0.39 is 5.92 Å². The van der Waals surface area contributed by atoms with E-state index >= 15 is 0 Å². The Morgan fingerprint density at radius 1 is 1.27 bits per heavy atom. The fourth-order valence-electron chi connectivity index (χ4n) is 2.00. The van der Waals surface area contributed by atoms with Gasteiger partial charge in [-0.25, -0.2) is 8.78 Å². The molecule has 3 heteroatoms. The smallest absolute Gasteiger partial charge is 0.271 e. The monoisotopic (exact) mass is 305 g/mol. The third-order valence-electron chi connectivity index (χ3n) is 3.82. The average molecular weight is 305 g/mol. The summed E-state index contributed by atoms with van der Waals surface area (Å²) < 4.78 is 27.9. The number of aryl methyl sites for hydroxylation is 1. The molecular formula is C19H25F2N. The lowest BCUT2D eigenvalue weighted by molar-refractivity contribution is 0.0689. The molecule has 0 aliphatic rings. The molecule has 0 amide bonds. The Morgan fingerprint density at radius 3 is 2.27 bits per heavy atom. The molecular weight excluding hydrogens is 280 g/mol. The van der Waals surface area contributed by atoms with Gasteiger partial charge < -0.3 is 5.73 Å². The molecule has 1 aromatic rings. The highest BCUT2D eigenvalue weighted by Crippen LogP contribution is 2.34. The van der Waals surface area contributed by atoms with E-state index in [9.17, 15) is 8.78 Å². The third-order valence-corrected chi connectivity index (χ3v) is 3.82. The van der Waals surface area contributed by atoms with Crippen LogP contribution in [0, 0.1) is 12.8 Å². The molecule has 0 radical (unpaired) electrons. The van der Waals surface area contributed by atoms with Crippen molar-refractivity contribution in [3.63, 3.8) is 0 Å². The highest BCUT2D eigenvalue weighted by molar-refractivity contribution is 5.79. The Labute approximate surface area is 132 Å². The first-order valence-corrected chi connectivity index (χ1v) is 7.48. The van der Waals surface area contributed by atoms with E-state index in [-0.39, 0.29) is 11.5 Å². The van der Waals surface area contributed by atoms with Crippen LogP contribution in [0.25, 0.3) is 5.57 Å². The van der Waals surface area contributed by atoms with Gasteiger partial charge in [0, 0.05) is 18.2 Å². The van der Waals surface area contributed by atoms with Gasteiger partial charge >= 0.3 is 0 Å². The molecule has 1 rings (SSSR count). The molecule has 1 unspecified atom stereocenters. The van der Waals surface area contributed by atoms with E-state index in [1.807, 2.05) is 32.9 Å². The number of alkyl halides is 2. The Bertz CT molecular complexity index is 574. The normalized spacial score (nSPS) is 14.8. The van der Waals surface area contributed by atoms with Gasteiger partial charge in [-0.3, -0.25) is 0 Å². The zero-order valence-electron chi connectivity index (χ0n) is 13.8. The largest absolute Gasteiger partial charge is 0.402 e. The SMILES string of the molecule is C=C(/C(=C\C=C(\N)C(C)CC)C(C)(F)F)c1ccc(C)cc1. The molecule has 2 N–H and O–H groups in total. The van der Waals surface area contributed by atoms with Crippen LogP contribution in [0.3, 0.4) is 0 Å². The first-order chi connectivity index (χ1) is 10.2. The Hall–Kier alpha value is -1.90. The summed E-state index contributed by atoms with van der Waals surface area (Å²) in [4.78, 5) is 0. The van der Waals surface area contributed by atoms with Gasteiger partial charge in [0.2, 0.25) is 0 Å². The molecule has 0 saturated carbocycles. The summed E-state index contributed by atoms with van der Waals surface area (Å²) in [6, 6.07) is 7.38. The van der Waals surface area contributed by atoms with Crippen molar-refractivity contribution in [2.75, 3.05) is 0 Å². The van der Waals surface area contributed by atoms with Gasteiger partial charge in [0.1, 0.15) is 0 Å². The van der Waals surface area contributed by atoms with Crippen LogP contribution in [0.2, 0.25) is 0 Å². The highest BCUT2D eigenvalue weighted by atomic mass is 19.3. The summed E-state index contributed by atoms with van der Waals surface area (Å²) in [7, 11) is 0. The van der Waals surface area contributed by atoms with Crippen molar-refractivity contribution in [2.45, 2.75) is 40.0 Å². The van der Waals surface area contributed by atoms with Crippen molar-refractivity contribution < 1.29 is 8.78 Å². The molecule has 0 saturated heterocycles. The maximum atomic E-state index is 13.9. The fraction of sp³-hybridized carbons (Fsp3) is 0.368. The van der Waals surface area contributed by atoms with Gasteiger partial charge in [0.15, 0.2) is 0 Å². The lowest BCUT2D eigenvalue weighted by Gasteiger charge is -2.18. The van der Waals surface area contributed by atoms with E-state index in [0.717, 1.165) is 18.9 Å². The minimum atomic E-state index is -2.98. The number of benzene rings is 1. The summed E-state index contributed by atoms with van der Waals surface area (Å²) in [6.07, 6.45) is 3.83. The number of hydrogen-bond acceptors (Lipinski definition) is 1. The first kappa shape index (κ1) is 18.1. The second-order valence-electron chi connectivity index (χ2n) is 5.79. The second kappa shape index (κ2) is 7.39. The maximum Gasteiger partial charge on any atom is 0.271 e. The zero-order chi connectivity index (χ0) is 16.9. The summed E-state index contributed by atoms with van der Waals surface area (Å²) in [5, 5.41) is 0. The highest BCUT2D eigenvalue weighted by Gasteiger charge is 2.29. The molecule has 0 spiro atoms. The molecule has 22 heavy (non-hydrogen) atoms. The van der Waals surface area contributed by atoms with Gasteiger partial charge in [-0.15, -0.1) is 0 Å². The molecule has 0 aromatic heterocycles. The van der Waals surface area contributed by atoms with Crippen LogP contribution in [0.1, 0.15) is 38.3 Å². The minimum Gasteiger partial charge on any atom is -0.402 e. The van der Waals surface area contributed by atoms with Crippen LogP contribution in [0.5, 0.6) is 0 Å². The molecule has 1 atom stereocenters. The van der Waals surface area contributed by atoms with E-state index in [1.54, 1.807) is 18.2 Å². The number of halogens is 2. The lowest BCUT2D eigenvalue weighted by atomic mass is 9.94. The molecule has 0 aliphatic heterocycles. The topological polar surface area (TPSA) is 26.0 Å². The van der Waals surface area contributed by atoms with Crippen molar-refractivity contribution in [3.8, 4) is 0 Å². The predicted molar refractivity (Wildman–Crippen MR) is 90.6 cm³/mol. The van der Waals surface area contributed by atoms with Crippen molar-refractivity contribution in [1.82, 2.24) is 0 Å². The van der Waals surface area contributed by atoms with Crippen molar-refractivity contribution >= 4 is 5.57 Å². The number of allylic oxidation sites excluding steroid dienone is 5. The van der Waals surface area contributed by atoms with Crippen LogP contribution < -0.4 is 5.73 Å². The summed E-state index contributed by atoms with van der Waals surface area (Å²) >= 11 is 0. The fourth-order valence-corrected chi connectivity index (χ4v) is 2.00. The molecule has 0 bridgehead atoms. The number of hydrogen-bond donors (Lipinski definition) is 1. The minimum absolute atomic E-state index is 0.109. The summed E-state index contributed by atoms with van der Waals surface area (Å²) in [5.41, 5.74) is 8.49. The Morgan fingerprint density at radius 2 is 1.82 bits per heavy atom. The predicted octanol–water partition coefficient (Wildman–Crippen LogP) is 5.48. The number of nitrogens with two attached hydrogens (primary N) is 1. The van der Waals surface area contributed by atoms with Crippen LogP contribution in [-0.4, -0.2) is 5.92 Å². The van der Waals surface area contributed by atoms with Crippen LogP contribution in [0.4, 0.5) is 8.78 Å². The standard InChI is InChI=1S/C19H25F2N/c1-6-14(3)18(22)12-11-17(19(5,20)21)15(4)16-9-7-13(2)8-10-16/h7-12,14H,4,6,22H2,1-3,5H3/b17-11+,18-12+. The Kier molecular flexibility index (Phi) is 6.10. The van der Waals surface area contributed by atoms with Crippen molar-refractivity contribution in [2.24, 2.45) is 11.7 Å². The van der Waals surface area contributed by atoms with Crippen molar-refractivity contribution in [3.05, 3.63) is 65.4 Å². The molecule has 0 aliphatic carbocycles. The molecule has 1 aromatic carbocycles. The van der Waals surface area contributed by atoms with Crippen LogP contribution >= 0.6 is 0 Å². The third kappa shape index (κ3) is 4.83.